The van der Waals surface area contributed by atoms with Crippen LogP contribution >= 0.6 is 0 Å². The highest BCUT2D eigenvalue weighted by atomic mass is 19.1. The number of fused-ring (bicyclic) bond motifs is 1. The van der Waals surface area contributed by atoms with E-state index in [1.807, 2.05) is 19.9 Å². The molecule has 0 saturated carbocycles. The molecule has 2 atom stereocenters. The highest BCUT2D eigenvalue weighted by Crippen LogP contribution is 2.39. The van der Waals surface area contributed by atoms with Crippen LogP contribution in [0.1, 0.15) is 38.7 Å². The summed E-state index contributed by atoms with van der Waals surface area (Å²) in [7, 11) is 1.74. The lowest BCUT2D eigenvalue weighted by Gasteiger charge is -2.32. The van der Waals surface area contributed by atoms with Crippen LogP contribution in [0.4, 0.5) is 10.2 Å². The zero-order valence-electron chi connectivity index (χ0n) is 16.4. The molecule has 2 aromatic carbocycles. The maximum absolute atomic E-state index is 14.0. The zero-order valence-corrected chi connectivity index (χ0v) is 16.4. The van der Waals surface area contributed by atoms with E-state index in [2.05, 4.69) is 15.7 Å². The van der Waals surface area contributed by atoms with Crippen molar-refractivity contribution in [3.8, 4) is 0 Å². The van der Waals surface area contributed by atoms with Crippen LogP contribution in [0.15, 0.2) is 48.5 Å². The van der Waals surface area contributed by atoms with Crippen molar-refractivity contribution in [2.75, 3.05) is 5.32 Å². The summed E-state index contributed by atoms with van der Waals surface area (Å²) >= 11 is 0. The molecule has 6 nitrogen and oxygen atoms in total. The predicted octanol–water partition coefficient (Wildman–Crippen LogP) is 3.06. The number of hydrogen-bond donors (Lipinski definition) is 2. The van der Waals surface area contributed by atoms with E-state index in [1.54, 1.807) is 42.1 Å². The Bertz CT molecular complexity index is 1120. The molecule has 1 aliphatic rings. The van der Waals surface area contributed by atoms with E-state index in [0.717, 1.165) is 11.1 Å². The van der Waals surface area contributed by atoms with E-state index >= 15 is 0 Å². The average molecular weight is 392 g/mol. The summed E-state index contributed by atoms with van der Waals surface area (Å²) in [5.41, 5.74) is 3.49. The van der Waals surface area contributed by atoms with Crippen molar-refractivity contribution in [1.82, 2.24) is 15.1 Å². The topological polar surface area (TPSA) is 76.0 Å². The fourth-order valence-corrected chi connectivity index (χ4v) is 3.93. The summed E-state index contributed by atoms with van der Waals surface area (Å²) in [5, 5.41) is 10.1. The van der Waals surface area contributed by atoms with Crippen LogP contribution < -0.4 is 10.6 Å². The number of nitrogens with one attached hydrogen (secondary N) is 2. The van der Waals surface area contributed by atoms with Crippen LogP contribution in [-0.4, -0.2) is 27.6 Å². The van der Waals surface area contributed by atoms with Crippen LogP contribution in [0, 0.1) is 19.7 Å². The second-order valence-corrected chi connectivity index (χ2v) is 7.31. The molecule has 1 aliphatic heterocycles. The minimum Gasteiger partial charge on any atom is -0.339 e. The molecule has 0 unspecified atom stereocenters. The first-order valence-corrected chi connectivity index (χ1v) is 9.32. The minimum absolute atomic E-state index is 0.361. The van der Waals surface area contributed by atoms with Gasteiger partial charge in [-0.05, 0) is 43.7 Å². The molecule has 0 aliphatic carbocycles. The van der Waals surface area contributed by atoms with Gasteiger partial charge in [0.05, 0.1) is 5.69 Å². The lowest BCUT2D eigenvalue weighted by molar-refractivity contribution is -0.118. The Kier molecular flexibility index (Phi) is 4.66. The van der Waals surface area contributed by atoms with Crippen LogP contribution in [0.2, 0.25) is 0 Å². The van der Waals surface area contributed by atoms with Crippen LogP contribution in [-0.2, 0) is 11.8 Å². The standard InChI is InChI=1S/C22H21FN4O2/c1-12-6-4-8-15(10-12)21(28)24-19-18(14-7-5-9-16(23)11-14)17-13(2)26-27(3)20(17)25-22(19)29/h4-11,18-19H,1-3H3,(H,24,28)(H,25,29)/t18-,19-/m0/s1. The van der Waals surface area contributed by atoms with Crippen molar-refractivity contribution in [3.05, 3.63) is 82.3 Å². The van der Waals surface area contributed by atoms with Crippen molar-refractivity contribution in [1.29, 1.82) is 0 Å². The molecule has 0 radical (unpaired) electrons. The van der Waals surface area contributed by atoms with Gasteiger partial charge in [-0.25, -0.2) is 4.39 Å². The first kappa shape index (κ1) is 18.9. The molecule has 0 saturated heterocycles. The molecule has 2 N–H and O–H groups in total. The Labute approximate surface area is 167 Å². The van der Waals surface area contributed by atoms with E-state index in [4.69, 9.17) is 0 Å². The summed E-state index contributed by atoms with van der Waals surface area (Å²) < 4.78 is 15.6. The van der Waals surface area contributed by atoms with Gasteiger partial charge >= 0.3 is 0 Å². The largest absolute Gasteiger partial charge is 0.339 e. The van der Waals surface area contributed by atoms with Crippen molar-refractivity contribution in [2.24, 2.45) is 7.05 Å². The number of anilines is 1. The Morgan fingerprint density at radius 2 is 1.93 bits per heavy atom. The first-order valence-electron chi connectivity index (χ1n) is 9.32. The molecule has 2 heterocycles. The van der Waals surface area contributed by atoms with Crippen LogP contribution in [0.3, 0.4) is 0 Å². The Hall–Kier alpha value is -3.48. The van der Waals surface area contributed by atoms with E-state index in [0.29, 0.717) is 22.6 Å². The lowest BCUT2D eigenvalue weighted by Crippen LogP contribution is -2.50. The normalized spacial score (nSPS) is 18.1. The van der Waals surface area contributed by atoms with E-state index in [-0.39, 0.29) is 11.8 Å². The van der Waals surface area contributed by atoms with Gasteiger partial charge in [0.2, 0.25) is 5.91 Å². The molecule has 29 heavy (non-hydrogen) atoms. The van der Waals surface area contributed by atoms with Gasteiger partial charge in [-0.1, -0.05) is 29.8 Å². The number of carbonyl (C=O) groups is 2. The molecular weight excluding hydrogens is 371 g/mol. The van der Waals surface area contributed by atoms with Crippen molar-refractivity contribution in [3.63, 3.8) is 0 Å². The highest BCUT2D eigenvalue weighted by molar-refractivity contribution is 6.03. The van der Waals surface area contributed by atoms with E-state index < -0.39 is 17.8 Å². The van der Waals surface area contributed by atoms with Gasteiger partial charge in [0.1, 0.15) is 17.7 Å². The second kappa shape index (κ2) is 7.16. The molecule has 2 amide bonds. The minimum atomic E-state index is -0.903. The average Bonchev–Trinajstić information content (AvgIpc) is 2.95. The molecule has 0 bridgehead atoms. The maximum Gasteiger partial charge on any atom is 0.251 e. The van der Waals surface area contributed by atoms with Crippen LogP contribution in [0.5, 0.6) is 0 Å². The fraction of sp³-hybridized carbons (Fsp3) is 0.227. The molecule has 148 valence electrons. The van der Waals surface area contributed by atoms with E-state index in [1.165, 1.54) is 12.1 Å². The number of carbonyl (C=O) groups excluding carboxylic acids is 2. The second-order valence-electron chi connectivity index (χ2n) is 7.31. The third-order valence-electron chi connectivity index (χ3n) is 5.21. The maximum atomic E-state index is 14.0. The number of halogens is 1. The van der Waals surface area contributed by atoms with Gasteiger partial charge in [0.15, 0.2) is 0 Å². The summed E-state index contributed by atoms with van der Waals surface area (Å²) in [5.74, 6) is -1.13. The van der Waals surface area contributed by atoms with Gasteiger partial charge in [-0.2, -0.15) is 5.10 Å². The fourth-order valence-electron chi connectivity index (χ4n) is 3.93. The molecule has 0 fully saturated rings. The number of aromatic nitrogens is 2. The van der Waals surface area contributed by atoms with E-state index in [9.17, 15) is 14.0 Å². The number of rotatable bonds is 3. The Balaban J connectivity index is 1.79. The molecular formula is C22H21FN4O2. The first-order chi connectivity index (χ1) is 13.8. The smallest absolute Gasteiger partial charge is 0.251 e. The number of benzene rings is 2. The van der Waals surface area contributed by atoms with Gasteiger partial charge < -0.3 is 10.6 Å². The summed E-state index contributed by atoms with van der Waals surface area (Å²) in [4.78, 5) is 25.8. The summed E-state index contributed by atoms with van der Waals surface area (Å²) in [6, 6.07) is 12.3. The number of aryl methyl sites for hydroxylation is 3. The summed E-state index contributed by atoms with van der Waals surface area (Å²) in [6.07, 6.45) is 0. The third kappa shape index (κ3) is 3.40. The molecule has 4 rings (SSSR count). The highest BCUT2D eigenvalue weighted by Gasteiger charge is 2.41. The quantitative estimate of drug-likeness (QED) is 0.719. The summed E-state index contributed by atoms with van der Waals surface area (Å²) in [6.45, 7) is 3.73. The SMILES string of the molecule is Cc1cccc(C(=O)N[C@@H]2C(=O)Nc3c(c(C)nn3C)[C@@H]2c2cccc(F)c2)c1. The number of hydrogen-bond acceptors (Lipinski definition) is 3. The monoisotopic (exact) mass is 392 g/mol. The molecule has 7 heteroatoms. The van der Waals surface area contributed by atoms with Gasteiger partial charge in [-0.15, -0.1) is 0 Å². The zero-order chi connectivity index (χ0) is 20.7. The number of nitrogens with zero attached hydrogens (tertiary/aromatic N) is 2. The van der Waals surface area contributed by atoms with Crippen molar-refractivity contribution >= 4 is 17.6 Å². The van der Waals surface area contributed by atoms with Gasteiger partial charge in [-0.3, -0.25) is 14.3 Å². The molecule has 1 aromatic heterocycles. The molecule has 3 aromatic rings. The van der Waals surface area contributed by atoms with Crippen molar-refractivity contribution in [2.45, 2.75) is 25.8 Å². The number of amides is 2. The lowest BCUT2D eigenvalue weighted by atomic mass is 9.82. The molecule has 0 spiro atoms. The Morgan fingerprint density at radius 1 is 1.17 bits per heavy atom. The van der Waals surface area contributed by atoms with Crippen LogP contribution in [0.25, 0.3) is 0 Å². The van der Waals surface area contributed by atoms with Crippen molar-refractivity contribution < 1.29 is 14.0 Å². The predicted molar refractivity (Wildman–Crippen MR) is 107 cm³/mol. The van der Waals surface area contributed by atoms with Gasteiger partial charge in [0, 0.05) is 24.1 Å². The van der Waals surface area contributed by atoms with Gasteiger partial charge in [0.25, 0.3) is 5.91 Å². The third-order valence-corrected chi connectivity index (χ3v) is 5.21. The Morgan fingerprint density at radius 3 is 2.66 bits per heavy atom.